The molecule has 220 valence electrons. The molecule has 2 aromatic heterocycles. The fraction of sp³-hybridized carbons (Fsp3) is 0.516. The summed E-state index contributed by atoms with van der Waals surface area (Å²) >= 11 is 0. The van der Waals surface area contributed by atoms with Crippen molar-refractivity contribution in [2.24, 2.45) is 26.9 Å². The fourth-order valence-electron chi connectivity index (χ4n) is 5.77. The summed E-state index contributed by atoms with van der Waals surface area (Å²) < 4.78 is 1.87. The minimum Gasteiger partial charge on any atom is -0.379 e. The molecule has 3 aliphatic rings. The molecule has 42 heavy (non-hydrogen) atoms. The molecule has 11 heteroatoms. The second kappa shape index (κ2) is 13.6. The van der Waals surface area contributed by atoms with Gasteiger partial charge in [-0.1, -0.05) is 24.1 Å². The van der Waals surface area contributed by atoms with Gasteiger partial charge in [0.1, 0.15) is 0 Å². The maximum atomic E-state index is 6.32. The van der Waals surface area contributed by atoms with Gasteiger partial charge in [0.2, 0.25) is 5.95 Å². The van der Waals surface area contributed by atoms with E-state index >= 15 is 0 Å². The first-order valence-corrected chi connectivity index (χ1v) is 14.8. The normalized spacial score (nSPS) is 21.8. The van der Waals surface area contributed by atoms with Gasteiger partial charge >= 0.3 is 0 Å². The number of piperidine rings is 1. The summed E-state index contributed by atoms with van der Waals surface area (Å²) in [5, 5.41) is 14.8. The van der Waals surface area contributed by atoms with Crippen molar-refractivity contribution in [3.63, 3.8) is 0 Å². The number of rotatable bonds is 8. The van der Waals surface area contributed by atoms with Gasteiger partial charge in [0.15, 0.2) is 11.6 Å². The van der Waals surface area contributed by atoms with Gasteiger partial charge in [-0.2, -0.15) is 5.10 Å². The van der Waals surface area contributed by atoms with Crippen molar-refractivity contribution in [2.75, 3.05) is 37.3 Å². The first-order valence-electron chi connectivity index (χ1n) is 14.8. The molecular formula is C31H41N11. The Kier molecular flexibility index (Phi) is 9.41. The van der Waals surface area contributed by atoms with Crippen molar-refractivity contribution in [1.82, 2.24) is 30.0 Å². The average molecular weight is 568 g/mol. The second-order valence-electron chi connectivity index (χ2n) is 11.2. The van der Waals surface area contributed by atoms with Gasteiger partial charge in [-0.3, -0.25) is 10.0 Å². The van der Waals surface area contributed by atoms with Gasteiger partial charge in [-0.15, -0.1) is 11.0 Å². The van der Waals surface area contributed by atoms with Crippen LogP contribution in [0.5, 0.6) is 0 Å². The zero-order chi connectivity index (χ0) is 29.5. The standard InChI is InChI=1S/C31H41N11/c1-5-6-11-28(27-21-40(4)36-17-22(27)2)37-30-29(32)38-39-42(30)23(3)16-24-9-8-15-41(20-24)31-34-18-26(19-35-31)25-10-7-13-33-14-12-25/h10,13,17-19,21-24H,7-9,11-12,14-16,20,32H2,1-4H3/b37-28+. The minimum atomic E-state index is 0.0618. The number of anilines is 2. The van der Waals surface area contributed by atoms with E-state index in [0.717, 1.165) is 74.5 Å². The highest BCUT2D eigenvalue weighted by Gasteiger charge is 2.26. The Balaban J connectivity index is 1.29. The van der Waals surface area contributed by atoms with Crippen LogP contribution in [-0.2, 0) is 0 Å². The number of aliphatic imine (C=N–C) groups is 2. The molecule has 1 fully saturated rings. The smallest absolute Gasteiger partial charge is 0.225 e. The molecule has 0 spiro atoms. The van der Waals surface area contributed by atoms with E-state index in [1.165, 1.54) is 5.57 Å². The molecule has 0 bridgehead atoms. The Morgan fingerprint density at radius 2 is 2.10 bits per heavy atom. The molecular weight excluding hydrogens is 526 g/mol. The van der Waals surface area contributed by atoms with Crippen LogP contribution in [-0.4, -0.2) is 74.8 Å². The molecule has 0 saturated carbocycles. The van der Waals surface area contributed by atoms with Crippen LogP contribution in [0.2, 0.25) is 0 Å². The van der Waals surface area contributed by atoms with Gasteiger partial charge in [-0.05, 0) is 51.0 Å². The molecule has 11 nitrogen and oxygen atoms in total. The van der Waals surface area contributed by atoms with E-state index in [2.05, 4.69) is 57.1 Å². The van der Waals surface area contributed by atoms with Crippen LogP contribution in [0.25, 0.3) is 5.57 Å². The third kappa shape index (κ3) is 6.93. The van der Waals surface area contributed by atoms with Crippen LogP contribution >= 0.6 is 0 Å². The molecule has 3 unspecified atom stereocenters. The van der Waals surface area contributed by atoms with Gasteiger partial charge in [0.05, 0.1) is 18.2 Å². The monoisotopic (exact) mass is 567 g/mol. The van der Waals surface area contributed by atoms with Crippen LogP contribution < -0.4 is 10.6 Å². The molecule has 3 atom stereocenters. The third-order valence-electron chi connectivity index (χ3n) is 8.00. The summed E-state index contributed by atoms with van der Waals surface area (Å²) in [5.74, 6) is 8.43. The van der Waals surface area contributed by atoms with Gasteiger partial charge in [-0.25, -0.2) is 19.6 Å². The molecule has 0 aromatic carbocycles. The molecule has 2 N–H and O–H groups in total. The van der Waals surface area contributed by atoms with Crippen LogP contribution in [0.1, 0.15) is 70.9 Å². The zero-order valence-corrected chi connectivity index (χ0v) is 25.1. The van der Waals surface area contributed by atoms with Crippen molar-refractivity contribution in [3.05, 3.63) is 35.8 Å². The highest BCUT2D eigenvalue weighted by atomic mass is 15.5. The second-order valence-corrected chi connectivity index (χ2v) is 11.2. The summed E-state index contributed by atoms with van der Waals surface area (Å²) in [7, 11) is 1.91. The van der Waals surface area contributed by atoms with Crippen LogP contribution in [0.4, 0.5) is 17.6 Å². The number of hydrazone groups is 1. The van der Waals surface area contributed by atoms with Crippen LogP contribution in [0.15, 0.2) is 45.3 Å². The number of hydrogen-bond donors (Lipinski definition) is 1. The number of nitrogen functional groups attached to an aromatic ring is 1. The topological polar surface area (TPSA) is 126 Å². The van der Waals surface area contributed by atoms with Crippen molar-refractivity contribution in [3.8, 4) is 11.8 Å². The Morgan fingerprint density at radius 1 is 1.26 bits per heavy atom. The number of hydrogen-bond acceptors (Lipinski definition) is 10. The van der Waals surface area contributed by atoms with E-state index < -0.39 is 0 Å². The lowest BCUT2D eigenvalue weighted by molar-refractivity contribution is 0.318. The lowest BCUT2D eigenvalue weighted by atomic mass is 9.92. The Hall–Kier alpha value is -4.33. The van der Waals surface area contributed by atoms with Crippen LogP contribution in [0, 0.1) is 23.7 Å². The van der Waals surface area contributed by atoms with E-state index in [1.807, 2.05) is 49.7 Å². The maximum Gasteiger partial charge on any atom is 0.225 e. The summed E-state index contributed by atoms with van der Waals surface area (Å²) in [6.07, 6.45) is 17.5. The third-order valence-corrected chi connectivity index (χ3v) is 8.00. The number of nitrogens with zero attached hydrogens (tertiary/aromatic N) is 10. The Labute approximate surface area is 248 Å². The van der Waals surface area contributed by atoms with Gasteiger partial charge in [0, 0.05) is 81.2 Å². The molecule has 1 saturated heterocycles. The van der Waals surface area contributed by atoms with E-state index in [-0.39, 0.29) is 12.0 Å². The van der Waals surface area contributed by atoms with Crippen LogP contribution in [0.3, 0.4) is 0 Å². The van der Waals surface area contributed by atoms with E-state index in [1.54, 1.807) is 5.01 Å². The molecule has 0 amide bonds. The van der Waals surface area contributed by atoms with E-state index in [9.17, 15) is 0 Å². The predicted molar refractivity (Wildman–Crippen MR) is 170 cm³/mol. The highest BCUT2D eigenvalue weighted by Crippen LogP contribution is 2.32. The summed E-state index contributed by atoms with van der Waals surface area (Å²) in [5.41, 5.74) is 10.6. The summed E-state index contributed by atoms with van der Waals surface area (Å²) in [4.78, 5) is 21.2. The van der Waals surface area contributed by atoms with Crippen molar-refractivity contribution < 1.29 is 0 Å². The van der Waals surface area contributed by atoms with Gasteiger partial charge in [0.25, 0.3) is 0 Å². The Bertz CT molecular complexity index is 1450. The summed E-state index contributed by atoms with van der Waals surface area (Å²) in [6.45, 7) is 8.78. The first-order chi connectivity index (χ1) is 20.4. The summed E-state index contributed by atoms with van der Waals surface area (Å²) in [6, 6.07) is 0.0618. The lowest BCUT2D eigenvalue weighted by Crippen LogP contribution is -2.37. The van der Waals surface area contributed by atoms with E-state index in [0.29, 0.717) is 24.0 Å². The van der Waals surface area contributed by atoms with Crippen molar-refractivity contribution in [1.29, 1.82) is 0 Å². The fourth-order valence-corrected chi connectivity index (χ4v) is 5.77. The molecule has 2 aromatic rings. The molecule has 5 rings (SSSR count). The maximum absolute atomic E-state index is 6.32. The number of nitrogens with two attached hydrogens (primary N) is 1. The molecule has 0 aliphatic carbocycles. The molecule has 0 radical (unpaired) electrons. The van der Waals surface area contributed by atoms with Crippen molar-refractivity contribution in [2.45, 2.75) is 65.3 Å². The quantitative estimate of drug-likeness (QED) is 0.362. The lowest BCUT2D eigenvalue weighted by Gasteiger charge is -2.34. The Morgan fingerprint density at radius 3 is 2.90 bits per heavy atom. The molecule has 3 aliphatic heterocycles. The number of allylic oxidation sites excluding steroid dienone is 2. The minimum absolute atomic E-state index is 0.0618. The average Bonchev–Trinajstić information content (AvgIpc) is 3.18. The van der Waals surface area contributed by atoms with Gasteiger partial charge < -0.3 is 10.6 Å². The first kappa shape index (κ1) is 29.2. The predicted octanol–water partition coefficient (Wildman–Crippen LogP) is 4.70. The molecule has 5 heterocycles. The zero-order valence-electron chi connectivity index (χ0n) is 25.1. The SMILES string of the molecule is CC#CC/C(=N\c1c(N)nnn1C(C)CC1CCCN(c2ncc(C3=CCC=NCC3)cn2)C1)C1=CN(C)N=CC1C. The highest BCUT2D eigenvalue weighted by molar-refractivity contribution is 6.06. The van der Waals surface area contributed by atoms with Crippen molar-refractivity contribution >= 4 is 41.3 Å². The largest absolute Gasteiger partial charge is 0.379 e. The number of aromatic nitrogens is 5. The van der Waals surface area contributed by atoms with E-state index in [4.69, 9.17) is 20.7 Å².